The van der Waals surface area contributed by atoms with Crippen LogP contribution >= 0.6 is 0 Å². The van der Waals surface area contributed by atoms with E-state index >= 15 is 0 Å². The quantitative estimate of drug-likeness (QED) is 0.131. The van der Waals surface area contributed by atoms with Crippen molar-refractivity contribution in [2.75, 3.05) is 26.8 Å². The summed E-state index contributed by atoms with van der Waals surface area (Å²) in [4.78, 5) is 23.5. The number of fused-ring (bicyclic) bond motifs is 1. The number of hydrogen-bond acceptors (Lipinski definition) is 7. The number of methoxy groups -OCH3 is 1. The Morgan fingerprint density at radius 3 is 2.56 bits per heavy atom. The molecule has 0 saturated carbocycles. The number of aliphatic hydroxyl groups is 1. The van der Waals surface area contributed by atoms with E-state index in [1.807, 2.05) is 19.1 Å². The maximum absolute atomic E-state index is 14.7. The molecule has 224 valence electrons. The molecule has 0 radical (unpaired) electrons. The molecule has 1 unspecified atom stereocenters. The van der Waals surface area contributed by atoms with Crippen LogP contribution in [0, 0.1) is 17.0 Å². The molecule has 1 N–H and O–H groups in total. The molecule has 2 aromatic rings. The van der Waals surface area contributed by atoms with Gasteiger partial charge in [0.25, 0.3) is 5.69 Å². The normalized spacial score (nSPS) is 15.6. The second-order valence-corrected chi connectivity index (χ2v) is 10.3. The van der Waals surface area contributed by atoms with E-state index in [-0.39, 0.29) is 41.3 Å². The van der Waals surface area contributed by atoms with E-state index in [0.717, 1.165) is 17.5 Å². The van der Waals surface area contributed by atoms with Gasteiger partial charge in [0.05, 0.1) is 18.6 Å². The number of hydrogen-bond donors (Lipinski definition) is 1. The highest BCUT2D eigenvalue weighted by molar-refractivity contribution is 5.76. The van der Waals surface area contributed by atoms with Crippen LogP contribution in [0.5, 0.6) is 5.75 Å². The number of carbonyl (C=O) groups excluding carboxylic acids is 1. The first kappa shape index (κ1) is 32.1. The number of esters is 1. The maximum Gasteiger partial charge on any atom is 0.422 e. The molecule has 8 nitrogen and oxygen atoms in total. The number of allylic oxidation sites excluding steroid dienone is 1. The van der Waals surface area contributed by atoms with Crippen molar-refractivity contribution < 1.29 is 37.5 Å². The summed E-state index contributed by atoms with van der Waals surface area (Å²) in [5.41, 5.74) is -1.49. The first-order chi connectivity index (χ1) is 19.4. The molecule has 11 heteroatoms. The second-order valence-electron chi connectivity index (χ2n) is 10.3. The van der Waals surface area contributed by atoms with E-state index in [1.54, 1.807) is 11.0 Å². The molecule has 0 aromatic heterocycles. The summed E-state index contributed by atoms with van der Waals surface area (Å²) in [6.07, 6.45) is -0.655. The van der Waals surface area contributed by atoms with E-state index in [9.17, 15) is 33.2 Å². The Morgan fingerprint density at radius 1 is 1.17 bits per heavy atom. The van der Waals surface area contributed by atoms with E-state index in [1.165, 1.54) is 38.3 Å². The van der Waals surface area contributed by atoms with Gasteiger partial charge in [0.15, 0.2) is 5.60 Å². The van der Waals surface area contributed by atoms with Crippen LogP contribution in [0.25, 0.3) is 5.57 Å². The van der Waals surface area contributed by atoms with Gasteiger partial charge in [0.2, 0.25) is 0 Å². The first-order valence-electron chi connectivity index (χ1n) is 13.7. The zero-order valence-electron chi connectivity index (χ0n) is 23.6. The van der Waals surface area contributed by atoms with E-state index in [4.69, 9.17) is 4.74 Å². The number of rotatable bonds is 13. The molecule has 1 aliphatic heterocycles. The Kier molecular flexibility index (Phi) is 10.9. The van der Waals surface area contributed by atoms with Gasteiger partial charge in [-0.1, -0.05) is 31.9 Å². The molecule has 1 heterocycles. The highest BCUT2D eigenvalue weighted by Crippen LogP contribution is 2.44. The lowest BCUT2D eigenvalue weighted by Crippen LogP contribution is -2.55. The third kappa shape index (κ3) is 8.07. The fourth-order valence-electron chi connectivity index (χ4n) is 4.99. The Hall–Kier alpha value is -3.44. The number of nitro groups is 1. The van der Waals surface area contributed by atoms with Gasteiger partial charge in [-0.3, -0.25) is 19.8 Å². The standard InChI is InChI=1S/C30H37F3N2O6/c1-4-5-6-8-27(26-13-11-24(35(38)39)17-21(26)2)29(37,30(31,32)33)20-34-15-14-22-18-25(12-10-23(22)19-34)41-16-7-9-28(36)40-3/h8,10-13,17-18,37H,4-7,9,14-16,19-20H2,1-3H3/b27-8+. The third-order valence-electron chi connectivity index (χ3n) is 7.27. The summed E-state index contributed by atoms with van der Waals surface area (Å²) in [6, 6.07) is 9.09. The predicted molar refractivity (Wildman–Crippen MR) is 149 cm³/mol. The van der Waals surface area contributed by atoms with Crippen molar-refractivity contribution in [1.82, 2.24) is 4.90 Å². The first-order valence-corrected chi connectivity index (χ1v) is 13.7. The average Bonchev–Trinajstić information content (AvgIpc) is 2.92. The summed E-state index contributed by atoms with van der Waals surface area (Å²) in [6.45, 7) is 3.57. The van der Waals surface area contributed by atoms with Crippen molar-refractivity contribution in [3.8, 4) is 5.75 Å². The van der Waals surface area contributed by atoms with Crippen LogP contribution < -0.4 is 4.74 Å². The lowest BCUT2D eigenvalue weighted by molar-refractivity contribution is -0.384. The number of non-ortho nitro benzene ring substituents is 1. The smallest absolute Gasteiger partial charge is 0.422 e. The lowest BCUT2D eigenvalue weighted by atomic mass is 9.83. The summed E-state index contributed by atoms with van der Waals surface area (Å²) in [5.74, 6) is 0.300. The molecule has 0 saturated heterocycles. The molecule has 2 aromatic carbocycles. The maximum atomic E-state index is 14.7. The van der Waals surface area contributed by atoms with E-state index in [2.05, 4.69) is 4.74 Å². The van der Waals surface area contributed by atoms with Gasteiger partial charge in [-0.05, 0) is 72.2 Å². The summed E-state index contributed by atoms with van der Waals surface area (Å²) < 4.78 is 54.6. The molecule has 1 aliphatic rings. The van der Waals surface area contributed by atoms with Crippen LogP contribution in [0.4, 0.5) is 18.9 Å². The average molecular weight is 579 g/mol. The topological polar surface area (TPSA) is 102 Å². The van der Waals surface area contributed by atoms with Gasteiger partial charge in [0.1, 0.15) is 5.75 Å². The van der Waals surface area contributed by atoms with E-state index in [0.29, 0.717) is 44.6 Å². The Bertz CT molecular complexity index is 1260. The number of nitrogens with zero attached hydrogens (tertiary/aromatic N) is 2. The van der Waals surface area contributed by atoms with Gasteiger partial charge in [0, 0.05) is 38.2 Å². The van der Waals surface area contributed by atoms with Crippen LogP contribution in [0.2, 0.25) is 0 Å². The minimum absolute atomic E-state index is 0.137. The highest BCUT2D eigenvalue weighted by atomic mass is 19.4. The number of unbranched alkanes of at least 4 members (excludes halogenated alkanes) is 2. The number of carbonyl (C=O) groups is 1. The predicted octanol–water partition coefficient (Wildman–Crippen LogP) is 6.16. The summed E-state index contributed by atoms with van der Waals surface area (Å²) >= 11 is 0. The molecular formula is C30H37F3N2O6. The third-order valence-corrected chi connectivity index (χ3v) is 7.27. The van der Waals surface area contributed by atoms with Crippen LogP contribution in [-0.4, -0.2) is 59.5 Å². The Morgan fingerprint density at radius 2 is 1.93 bits per heavy atom. The van der Waals surface area contributed by atoms with E-state index < -0.39 is 23.2 Å². The zero-order valence-corrected chi connectivity index (χ0v) is 23.6. The Labute approximate surface area is 237 Å². The highest BCUT2D eigenvalue weighted by Gasteiger charge is 2.57. The SMILES string of the molecule is CCCC/C=C(\c1ccc([N+](=O)[O-])cc1C)C(O)(CN1CCc2cc(OCCCC(=O)OC)ccc2C1)C(F)(F)F. The van der Waals surface area contributed by atoms with Crippen LogP contribution in [0.3, 0.4) is 0 Å². The van der Waals surface area contributed by atoms with Crippen molar-refractivity contribution >= 4 is 17.2 Å². The Balaban J connectivity index is 1.84. The summed E-state index contributed by atoms with van der Waals surface area (Å²) in [7, 11) is 1.33. The number of halogens is 3. The molecule has 41 heavy (non-hydrogen) atoms. The van der Waals surface area contributed by atoms with Crippen molar-refractivity contribution in [3.63, 3.8) is 0 Å². The van der Waals surface area contributed by atoms with Crippen molar-refractivity contribution in [1.29, 1.82) is 0 Å². The van der Waals surface area contributed by atoms with Crippen molar-refractivity contribution in [2.45, 2.75) is 70.7 Å². The largest absolute Gasteiger partial charge is 0.494 e. The zero-order chi connectivity index (χ0) is 30.2. The number of β-amino-alcohol motifs (C(OH)–C–C–N with tert-alkyl or cyclic N) is 1. The fraction of sp³-hybridized carbons (Fsp3) is 0.500. The van der Waals surface area contributed by atoms with Gasteiger partial charge >= 0.3 is 12.1 Å². The monoisotopic (exact) mass is 578 g/mol. The number of alkyl halides is 3. The number of ether oxygens (including phenoxy) is 2. The molecule has 0 aliphatic carbocycles. The molecule has 0 spiro atoms. The van der Waals surface area contributed by atoms with Crippen LogP contribution in [-0.2, 0) is 22.5 Å². The molecule has 0 bridgehead atoms. The molecule has 0 fully saturated rings. The summed E-state index contributed by atoms with van der Waals surface area (Å²) in [5, 5.41) is 22.7. The van der Waals surface area contributed by atoms with Gasteiger partial charge in [-0.2, -0.15) is 13.2 Å². The van der Waals surface area contributed by atoms with Crippen LogP contribution in [0.15, 0.2) is 42.5 Å². The van der Waals surface area contributed by atoms with Gasteiger partial charge in [-0.25, -0.2) is 0 Å². The van der Waals surface area contributed by atoms with Crippen molar-refractivity contribution in [2.24, 2.45) is 0 Å². The number of benzene rings is 2. The van der Waals surface area contributed by atoms with Crippen molar-refractivity contribution in [3.05, 3.63) is 74.8 Å². The van der Waals surface area contributed by atoms with Gasteiger partial charge < -0.3 is 14.6 Å². The number of nitro benzene ring substituents is 1. The minimum Gasteiger partial charge on any atom is -0.494 e. The minimum atomic E-state index is -5.00. The molecule has 3 rings (SSSR count). The fourth-order valence-corrected chi connectivity index (χ4v) is 4.99. The molecular weight excluding hydrogens is 541 g/mol. The number of aryl methyl sites for hydroxylation is 1. The lowest BCUT2D eigenvalue weighted by Gasteiger charge is -2.39. The molecule has 1 atom stereocenters. The van der Waals surface area contributed by atoms with Crippen LogP contribution in [0.1, 0.15) is 61.3 Å². The second kappa shape index (κ2) is 14.0. The van der Waals surface area contributed by atoms with Gasteiger partial charge in [-0.15, -0.1) is 0 Å². The molecule has 0 amide bonds.